The fourth-order valence-electron chi connectivity index (χ4n) is 2.90. The van der Waals surface area contributed by atoms with E-state index in [2.05, 4.69) is 15.4 Å². The summed E-state index contributed by atoms with van der Waals surface area (Å²) < 4.78 is 9.90. The highest BCUT2D eigenvalue weighted by molar-refractivity contribution is 5.80. The van der Waals surface area contributed by atoms with Crippen LogP contribution in [0.2, 0.25) is 0 Å². The second kappa shape index (κ2) is 10.4. The van der Waals surface area contributed by atoms with Gasteiger partial charge in [0.15, 0.2) is 5.96 Å². The molecule has 1 saturated carbocycles. The topological polar surface area (TPSA) is 72.0 Å². The minimum absolute atomic E-state index is 0.212. The van der Waals surface area contributed by atoms with E-state index in [0.29, 0.717) is 13.0 Å². The van der Waals surface area contributed by atoms with Gasteiger partial charge in [0, 0.05) is 33.4 Å². The number of guanidine groups is 1. The Kier molecular flexibility index (Phi) is 8.89. The van der Waals surface area contributed by atoms with Crippen molar-refractivity contribution in [1.82, 2.24) is 10.6 Å². The Morgan fingerprint density at radius 3 is 2.55 bits per heavy atom. The number of aliphatic imine (C=N–C) groups is 1. The molecular weight excluding hydrogens is 282 g/mol. The monoisotopic (exact) mass is 313 g/mol. The van der Waals surface area contributed by atoms with Gasteiger partial charge < -0.3 is 20.1 Å². The number of esters is 1. The largest absolute Gasteiger partial charge is 0.469 e. The lowest BCUT2D eigenvalue weighted by atomic mass is 9.83. The highest BCUT2D eigenvalue weighted by Gasteiger charge is 2.33. The number of hydrogen-bond donors (Lipinski definition) is 2. The molecule has 128 valence electrons. The first kappa shape index (κ1) is 18.7. The van der Waals surface area contributed by atoms with Gasteiger partial charge in [-0.1, -0.05) is 12.8 Å². The lowest BCUT2D eigenvalue weighted by Gasteiger charge is -2.27. The number of ether oxygens (including phenoxy) is 2. The molecule has 1 aliphatic rings. The highest BCUT2D eigenvalue weighted by atomic mass is 16.5. The van der Waals surface area contributed by atoms with Gasteiger partial charge >= 0.3 is 5.97 Å². The first-order valence-electron chi connectivity index (χ1n) is 8.24. The predicted octanol–water partition coefficient (Wildman–Crippen LogP) is 1.70. The van der Waals surface area contributed by atoms with Crippen molar-refractivity contribution in [2.24, 2.45) is 10.4 Å². The summed E-state index contributed by atoms with van der Waals surface area (Å²) in [6, 6.07) is 0. The standard InChI is InChI=1S/C16H31N3O3/c1-4-17-15(18-11-7-14(20)22-3)19-13-16(10-12-21-2)8-5-6-9-16/h4-13H2,1-3H3,(H2,17,18,19). The molecule has 0 amide bonds. The first-order valence-corrected chi connectivity index (χ1v) is 8.24. The van der Waals surface area contributed by atoms with Crippen LogP contribution < -0.4 is 10.6 Å². The Morgan fingerprint density at radius 1 is 1.23 bits per heavy atom. The minimum atomic E-state index is -0.212. The molecule has 0 aromatic rings. The summed E-state index contributed by atoms with van der Waals surface area (Å²) >= 11 is 0. The van der Waals surface area contributed by atoms with Crippen molar-refractivity contribution in [2.75, 3.05) is 40.5 Å². The Hall–Kier alpha value is -1.30. The summed E-state index contributed by atoms with van der Waals surface area (Å²) in [4.78, 5) is 15.9. The molecular formula is C16H31N3O3. The van der Waals surface area contributed by atoms with Crippen LogP contribution in [0.5, 0.6) is 0 Å². The van der Waals surface area contributed by atoms with E-state index in [1.54, 1.807) is 7.11 Å². The second-order valence-corrected chi connectivity index (χ2v) is 5.90. The molecule has 0 spiro atoms. The maximum absolute atomic E-state index is 11.2. The number of nitrogens with zero attached hydrogens (tertiary/aromatic N) is 1. The molecule has 2 N–H and O–H groups in total. The summed E-state index contributed by atoms with van der Waals surface area (Å²) in [6.07, 6.45) is 6.42. The average molecular weight is 313 g/mol. The quantitative estimate of drug-likeness (QED) is 0.385. The fraction of sp³-hybridized carbons (Fsp3) is 0.875. The summed E-state index contributed by atoms with van der Waals surface area (Å²) in [5.74, 6) is 0.561. The molecule has 0 unspecified atom stereocenters. The third-order valence-corrected chi connectivity index (χ3v) is 4.27. The molecule has 0 aliphatic heterocycles. The van der Waals surface area contributed by atoms with Gasteiger partial charge in [-0.25, -0.2) is 0 Å². The Bertz CT molecular complexity index is 353. The fourth-order valence-corrected chi connectivity index (χ4v) is 2.90. The minimum Gasteiger partial charge on any atom is -0.469 e. The predicted molar refractivity (Wildman–Crippen MR) is 88.0 cm³/mol. The lowest BCUT2D eigenvalue weighted by molar-refractivity contribution is -0.140. The zero-order chi connectivity index (χ0) is 16.3. The molecule has 0 saturated heterocycles. The smallest absolute Gasteiger partial charge is 0.307 e. The normalized spacial score (nSPS) is 17.3. The molecule has 0 bridgehead atoms. The van der Waals surface area contributed by atoms with Crippen molar-refractivity contribution in [3.63, 3.8) is 0 Å². The third kappa shape index (κ3) is 6.64. The molecule has 1 fully saturated rings. The van der Waals surface area contributed by atoms with E-state index in [0.717, 1.165) is 32.1 Å². The number of carbonyl (C=O) groups is 1. The molecule has 1 rings (SSSR count). The van der Waals surface area contributed by atoms with E-state index in [4.69, 9.17) is 9.73 Å². The van der Waals surface area contributed by atoms with Gasteiger partial charge in [0.25, 0.3) is 0 Å². The van der Waals surface area contributed by atoms with E-state index in [1.165, 1.54) is 32.8 Å². The molecule has 0 radical (unpaired) electrons. The van der Waals surface area contributed by atoms with Crippen LogP contribution in [0.4, 0.5) is 0 Å². The van der Waals surface area contributed by atoms with Gasteiger partial charge in [-0.2, -0.15) is 0 Å². The highest BCUT2D eigenvalue weighted by Crippen LogP contribution is 2.41. The van der Waals surface area contributed by atoms with Crippen LogP contribution in [-0.4, -0.2) is 52.4 Å². The molecule has 6 heteroatoms. The Labute approximate surface area is 134 Å². The summed E-state index contributed by atoms with van der Waals surface area (Å²) in [5.41, 5.74) is 0.278. The zero-order valence-corrected chi connectivity index (χ0v) is 14.2. The van der Waals surface area contributed by atoms with Crippen molar-refractivity contribution in [3.8, 4) is 0 Å². The molecule has 0 aromatic carbocycles. The van der Waals surface area contributed by atoms with Gasteiger partial charge in [-0.05, 0) is 31.6 Å². The first-order chi connectivity index (χ1) is 10.7. The molecule has 1 aliphatic carbocycles. The van der Waals surface area contributed by atoms with Crippen LogP contribution in [0, 0.1) is 5.41 Å². The molecule has 22 heavy (non-hydrogen) atoms. The third-order valence-electron chi connectivity index (χ3n) is 4.27. The zero-order valence-electron chi connectivity index (χ0n) is 14.2. The van der Waals surface area contributed by atoms with Crippen LogP contribution in [0.3, 0.4) is 0 Å². The van der Waals surface area contributed by atoms with Gasteiger partial charge in [0.2, 0.25) is 0 Å². The molecule has 6 nitrogen and oxygen atoms in total. The number of hydrogen-bond acceptors (Lipinski definition) is 4. The van der Waals surface area contributed by atoms with E-state index in [9.17, 15) is 4.79 Å². The van der Waals surface area contributed by atoms with Crippen LogP contribution in [0.15, 0.2) is 4.99 Å². The van der Waals surface area contributed by atoms with E-state index in [-0.39, 0.29) is 11.4 Å². The second-order valence-electron chi connectivity index (χ2n) is 5.90. The van der Waals surface area contributed by atoms with Gasteiger partial charge in [0.05, 0.1) is 13.5 Å². The van der Waals surface area contributed by atoms with Crippen molar-refractivity contribution >= 4 is 11.9 Å². The molecule has 0 atom stereocenters. The molecule has 0 heterocycles. The van der Waals surface area contributed by atoms with Gasteiger partial charge in [0.1, 0.15) is 0 Å². The maximum Gasteiger partial charge on any atom is 0.307 e. The van der Waals surface area contributed by atoms with Crippen LogP contribution >= 0.6 is 0 Å². The number of carbonyl (C=O) groups excluding carboxylic acids is 1. The summed E-state index contributed by atoms with van der Waals surface area (Å²) in [7, 11) is 3.16. The van der Waals surface area contributed by atoms with Crippen molar-refractivity contribution in [3.05, 3.63) is 0 Å². The Morgan fingerprint density at radius 2 is 1.95 bits per heavy atom. The maximum atomic E-state index is 11.2. The van der Waals surface area contributed by atoms with E-state index >= 15 is 0 Å². The summed E-state index contributed by atoms with van der Waals surface area (Å²) in [6.45, 7) is 4.97. The number of methoxy groups -OCH3 is 2. The average Bonchev–Trinajstić information content (AvgIpc) is 2.99. The SMILES string of the molecule is CCNC(=NCC1(CCOC)CCCC1)NCCC(=O)OC. The molecule has 0 aromatic heterocycles. The van der Waals surface area contributed by atoms with E-state index in [1.807, 2.05) is 6.92 Å². The van der Waals surface area contributed by atoms with Crippen molar-refractivity contribution in [2.45, 2.75) is 45.4 Å². The van der Waals surface area contributed by atoms with Crippen molar-refractivity contribution < 1.29 is 14.3 Å². The van der Waals surface area contributed by atoms with E-state index < -0.39 is 0 Å². The van der Waals surface area contributed by atoms with Crippen LogP contribution in [-0.2, 0) is 14.3 Å². The Balaban J connectivity index is 2.52. The van der Waals surface area contributed by atoms with Crippen LogP contribution in [0.25, 0.3) is 0 Å². The summed E-state index contributed by atoms with van der Waals surface area (Å²) in [5, 5.41) is 6.42. The number of rotatable bonds is 9. The number of nitrogens with one attached hydrogen (secondary N) is 2. The van der Waals surface area contributed by atoms with Gasteiger partial charge in [-0.3, -0.25) is 9.79 Å². The lowest BCUT2D eigenvalue weighted by Crippen LogP contribution is -2.39. The van der Waals surface area contributed by atoms with Gasteiger partial charge in [-0.15, -0.1) is 0 Å². The van der Waals surface area contributed by atoms with Crippen LogP contribution in [0.1, 0.15) is 45.4 Å². The van der Waals surface area contributed by atoms with Crippen molar-refractivity contribution in [1.29, 1.82) is 0 Å².